The van der Waals surface area contributed by atoms with Gasteiger partial charge in [-0.15, -0.1) is 0 Å². The molecule has 2 rings (SSSR count). The lowest BCUT2D eigenvalue weighted by atomic mass is 9.77. The summed E-state index contributed by atoms with van der Waals surface area (Å²) in [4.78, 5) is 11.3. The third-order valence-electron chi connectivity index (χ3n) is 3.22. The second kappa shape index (κ2) is 4.26. The number of carbonyl (C=O) groups is 1. The first kappa shape index (κ1) is 11.1. The summed E-state index contributed by atoms with van der Waals surface area (Å²) in [6, 6.07) is 7.77. The Morgan fingerprint density at radius 3 is 3.00 bits per heavy atom. The number of benzene rings is 1. The fourth-order valence-corrected chi connectivity index (χ4v) is 2.39. The lowest BCUT2D eigenvalue weighted by Crippen LogP contribution is -2.33. The van der Waals surface area contributed by atoms with Crippen LogP contribution in [0.5, 0.6) is 0 Å². The van der Waals surface area contributed by atoms with Gasteiger partial charge in [-0.1, -0.05) is 24.3 Å². The molecule has 1 N–H and O–H groups in total. The van der Waals surface area contributed by atoms with Crippen LogP contribution in [0.15, 0.2) is 24.3 Å². The average Bonchev–Trinajstić information content (AvgIpc) is 2.29. The van der Waals surface area contributed by atoms with Crippen LogP contribution in [0.3, 0.4) is 0 Å². The van der Waals surface area contributed by atoms with E-state index in [4.69, 9.17) is 0 Å². The number of carbonyl (C=O) groups excluding carboxylic acids is 1. The standard InChI is InChI=1S/C13H16O3/c1-16-12(14)9-13(15)8-4-6-10-5-2-3-7-11(10)13/h2-3,5,7,15H,4,6,8-9H2,1H3. The van der Waals surface area contributed by atoms with Crippen LogP contribution in [0, 0.1) is 0 Å². The minimum Gasteiger partial charge on any atom is -0.469 e. The summed E-state index contributed by atoms with van der Waals surface area (Å²) in [7, 11) is 1.35. The number of esters is 1. The molecule has 0 radical (unpaired) electrons. The van der Waals surface area contributed by atoms with E-state index < -0.39 is 5.60 Å². The molecule has 1 aromatic rings. The molecule has 0 bridgehead atoms. The van der Waals surface area contributed by atoms with E-state index >= 15 is 0 Å². The smallest absolute Gasteiger partial charge is 0.308 e. The summed E-state index contributed by atoms with van der Waals surface area (Å²) in [6.45, 7) is 0. The van der Waals surface area contributed by atoms with Gasteiger partial charge in [-0.2, -0.15) is 0 Å². The molecular weight excluding hydrogens is 204 g/mol. The Hall–Kier alpha value is -1.35. The second-order valence-corrected chi connectivity index (χ2v) is 4.30. The molecule has 0 heterocycles. The molecule has 1 aromatic carbocycles. The molecule has 1 aliphatic rings. The molecule has 1 unspecified atom stereocenters. The first-order valence-corrected chi connectivity index (χ1v) is 5.53. The molecule has 0 aromatic heterocycles. The minimum atomic E-state index is -1.04. The van der Waals surface area contributed by atoms with Gasteiger partial charge in [0.05, 0.1) is 13.5 Å². The third-order valence-corrected chi connectivity index (χ3v) is 3.22. The van der Waals surface area contributed by atoms with Crippen LogP contribution in [0.4, 0.5) is 0 Å². The van der Waals surface area contributed by atoms with Gasteiger partial charge >= 0.3 is 5.97 Å². The Kier molecular flexibility index (Phi) is 2.97. The maximum atomic E-state index is 11.3. The van der Waals surface area contributed by atoms with Crippen LogP contribution < -0.4 is 0 Å². The Morgan fingerprint density at radius 2 is 2.25 bits per heavy atom. The zero-order chi connectivity index (χ0) is 11.6. The van der Waals surface area contributed by atoms with Gasteiger partial charge < -0.3 is 9.84 Å². The molecule has 0 spiro atoms. The van der Waals surface area contributed by atoms with E-state index in [9.17, 15) is 9.90 Å². The van der Waals surface area contributed by atoms with Crippen molar-refractivity contribution in [1.29, 1.82) is 0 Å². The predicted molar refractivity (Wildman–Crippen MR) is 59.9 cm³/mol. The van der Waals surface area contributed by atoms with Crippen LogP contribution in [0.2, 0.25) is 0 Å². The highest BCUT2D eigenvalue weighted by Crippen LogP contribution is 2.37. The van der Waals surface area contributed by atoms with Crippen molar-refractivity contribution in [2.75, 3.05) is 7.11 Å². The first-order chi connectivity index (χ1) is 7.65. The predicted octanol–water partition coefficient (Wildman–Crippen LogP) is 1.77. The summed E-state index contributed by atoms with van der Waals surface area (Å²) in [6.07, 6.45) is 2.55. The second-order valence-electron chi connectivity index (χ2n) is 4.30. The van der Waals surface area contributed by atoms with Crippen LogP contribution in [-0.2, 0) is 21.6 Å². The van der Waals surface area contributed by atoms with Gasteiger partial charge in [0.2, 0.25) is 0 Å². The molecule has 0 fully saturated rings. The summed E-state index contributed by atoms with van der Waals surface area (Å²) >= 11 is 0. The van der Waals surface area contributed by atoms with Gasteiger partial charge in [-0.3, -0.25) is 4.79 Å². The Balaban J connectivity index is 2.32. The molecule has 1 aliphatic carbocycles. The van der Waals surface area contributed by atoms with Gasteiger partial charge in [-0.05, 0) is 30.4 Å². The van der Waals surface area contributed by atoms with Crippen LogP contribution in [0.25, 0.3) is 0 Å². The number of aliphatic hydroxyl groups is 1. The highest BCUT2D eigenvalue weighted by atomic mass is 16.5. The highest BCUT2D eigenvalue weighted by molar-refractivity contribution is 5.71. The number of methoxy groups -OCH3 is 1. The molecule has 3 nitrogen and oxygen atoms in total. The van der Waals surface area contributed by atoms with E-state index in [0.717, 1.165) is 24.0 Å². The number of hydrogen-bond donors (Lipinski definition) is 1. The molecule has 0 saturated carbocycles. The van der Waals surface area contributed by atoms with E-state index in [1.165, 1.54) is 7.11 Å². The van der Waals surface area contributed by atoms with Crippen molar-refractivity contribution < 1.29 is 14.6 Å². The monoisotopic (exact) mass is 220 g/mol. The SMILES string of the molecule is COC(=O)CC1(O)CCCc2ccccc21. The minimum absolute atomic E-state index is 0.0422. The van der Waals surface area contributed by atoms with Crippen LogP contribution in [-0.4, -0.2) is 18.2 Å². The lowest BCUT2D eigenvalue weighted by molar-refractivity contribution is -0.147. The van der Waals surface area contributed by atoms with E-state index in [2.05, 4.69) is 4.74 Å². The quantitative estimate of drug-likeness (QED) is 0.773. The summed E-state index contributed by atoms with van der Waals surface area (Å²) in [5.41, 5.74) is 0.980. The molecule has 0 aliphatic heterocycles. The normalized spacial score (nSPS) is 23.6. The Bertz CT molecular complexity index is 400. The molecule has 0 saturated heterocycles. The number of hydrogen-bond acceptors (Lipinski definition) is 3. The van der Waals surface area contributed by atoms with Crippen molar-refractivity contribution in [1.82, 2.24) is 0 Å². The molecule has 0 amide bonds. The van der Waals surface area contributed by atoms with Crippen molar-refractivity contribution in [2.24, 2.45) is 0 Å². The van der Waals surface area contributed by atoms with E-state index in [0.29, 0.717) is 6.42 Å². The number of ether oxygens (including phenoxy) is 1. The van der Waals surface area contributed by atoms with Crippen LogP contribution in [0.1, 0.15) is 30.4 Å². The average molecular weight is 220 g/mol. The molecule has 16 heavy (non-hydrogen) atoms. The fraction of sp³-hybridized carbons (Fsp3) is 0.462. The van der Waals surface area contributed by atoms with E-state index in [1.54, 1.807) is 0 Å². The molecule has 3 heteroatoms. The summed E-state index contributed by atoms with van der Waals surface area (Å²) in [5, 5.41) is 10.5. The van der Waals surface area contributed by atoms with Gasteiger partial charge in [0, 0.05) is 0 Å². The Morgan fingerprint density at radius 1 is 1.50 bits per heavy atom. The summed E-state index contributed by atoms with van der Waals surface area (Å²) in [5.74, 6) is -0.362. The molecule has 86 valence electrons. The molecular formula is C13H16O3. The van der Waals surface area contributed by atoms with Gasteiger partial charge in [-0.25, -0.2) is 0 Å². The first-order valence-electron chi connectivity index (χ1n) is 5.53. The highest BCUT2D eigenvalue weighted by Gasteiger charge is 2.36. The Labute approximate surface area is 95.0 Å². The maximum absolute atomic E-state index is 11.3. The van der Waals surface area contributed by atoms with Gasteiger partial charge in [0.1, 0.15) is 5.60 Å². The molecule has 1 atom stereocenters. The number of aryl methyl sites for hydroxylation is 1. The van der Waals surface area contributed by atoms with Gasteiger partial charge in [0.25, 0.3) is 0 Å². The van der Waals surface area contributed by atoms with Crippen LogP contribution >= 0.6 is 0 Å². The van der Waals surface area contributed by atoms with E-state index in [-0.39, 0.29) is 12.4 Å². The lowest BCUT2D eigenvalue weighted by Gasteiger charge is -2.33. The summed E-state index contributed by atoms with van der Waals surface area (Å²) < 4.78 is 4.63. The topological polar surface area (TPSA) is 46.5 Å². The fourth-order valence-electron chi connectivity index (χ4n) is 2.39. The third kappa shape index (κ3) is 1.95. The van der Waals surface area contributed by atoms with Gasteiger partial charge in [0.15, 0.2) is 0 Å². The number of rotatable bonds is 2. The van der Waals surface area contributed by atoms with Crippen molar-refractivity contribution >= 4 is 5.97 Å². The van der Waals surface area contributed by atoms with Crippen molar-refractivity contribution in [3.63, 3.8) is 0 Å². The zero-order valence-corrected chi connectivity index (χ0v) is 9.40. The maximum Gasteiger partial charge on any atom is 0.308 e. The number of fused-ring (bicyclic) bond motifs is 1. The van der Waals surface area contributed by atoms with Crippen molar-refractivity contribution in [3.8, 4) is 0 Å². The zero-order valence-electron chi connectivity index (χ0n) is 9.40. The largest absolute Gasteiger partial charge is 0.469 e. The van der Waals surface area contributed by atoms with E-state index in [1.807, 2.05) is 24.3 Å². The van der Waals surface area contributed by atoms with Crippen molar-refractivity contribution in [2.45, 2.75) is 31.3 Å². The van der Waals surface area contributed by atoms with Crippen molar-refractivity contribution in [3.05, 3.63) is 35.4 Å².